The number of nitrogens with zero attached hydrogens (tertiary/aromatic N) is 4. The fraction of sp³-hybridized carbons (Fsp3) is 0.143. The molecule has 0 aliphatic carbocycles. The molecule has 0 unspecified atom stereocenters. The first kappa shape index (κ1) is 19.8. The Labute approximate surface area is 182 Å². The first-order chi connectivity index (χ1) is 14.0. The van der Waals surface area contributed by atoms with Crippen LogP contribution in [0.25, 0.3) is 0 Å². The van der Waals surface area contributed by atoms with E-state index in [9.17, 15) is 10.1 Å². The summed E-state index contributed by atoms with van der Waals surface area (Å²) in [7, 11) is 0. The Morgan fingerprint density at radius 2 is 1.93 bits per heavy atom. The highest BCUT2D eigenvalue weighted by atomic mass is 35.5. The maximum atomic E-state index is 13.3. The van der Waals surface area contributed by atoms with Crippen LogP contribution in [0.3, 0.4) is 0 Å². The molecule has 0 bridgehead atoms. The SMILES string of the molecule is Cc1nnc(SCC(=O)N2c3ccccc3Sc3ccc(Cl)cc32)c(C#N)c1C. The van der Waals surface area contributed by atoms with Crippen molar-refractivity contribution in [2.45, 2.75) is 28.7 Å². The van der Waals surface area contributed by atoms with Crippen LogP contribution in [0.15, 0.2) is 57.3 Å². The second kappa shape index (κ2) is 8.07. The summed E-state index contributed by atoms with van der Waals surface area (Å²) in [4.78, 5) is 16.9. The van der Waals surface area contributed by atoms with Crippen molar-refractivity contribution in [3.05, 3.63) is 64.3 Å². The minimum absolute atomic E-state index is 0.116. The number of nitriles is 1. The molecule has 8 heteroatoms. The van der Waals surface area contributed by atoms with Crippen molar-refractivity contribution < 1.29 is 4.79 Å². The van der Waals surface area contributed by atoms with Crippen LogP contribution in [0.5, 0.6) is 0 Å². The molecular weight excluding hydrogens is 424 g/mol. The Morgan fingerprint density at radius 3 is 2.72 bits per heavy atom. The maximum absolute atomic E-state index is 13.3. The van der Waals surface area contributed by atoms with E-state index in [1.807, 2.05) is 50.2 Å². The third kappa shape index (κ3) is 3.71. The van der Waals surface area contributed by atoms with Gasteiger partial charge in [-0.25, -0.2) is 0 Å². The number of hydrogen-bond acceptors (Lipinski definition) is 6. The summed E-state index contributed by atoms with van der Waals surface area (Å²) in [6.45, 7) is 3.65. The smallest absolute Gasteiger partial charge is 0.242 e. The fourth-order valence-corrected chi connectivity index (χ4v) is 5.05. The maximum Gasteiger partial charge on any atom is 0.242 e. The molecule has 2 heterocycles. The van der Waals surface area contributed by atoms with Crippen LogP contribution < -0.4 is 4.90 Å². The number of carbonyl (C=O) groups excluding carboxylic acids is 1. The van der Waals surface area contributed by atoms with Gasteiger partial charge in [0.2, 0.25) is 5.91 Å². The van der Waals surface area contributed by atoms with Crippen molar-refractivity contribution in [3.63, 3.8) is 0 Å². The molecule has 0 N–H and O–H groups in total. The number of aryl methyl sites for hydroxylation is 1. The molecule has 0 saturated heterocycles. The van der Waals surface area contributed by atoms with Gasteiger partial charge in [-0.3, -0.25) is 9.69 Å². The highest BCUT2D eigenvalue weighted by Gasteiger charge is 2.28. The summed E-state index contributed by atoms with van der Waals surface area (Å²) in [5.74, 6) is 0.00627. The standard InChI is InChI=1S/C21H15ClN4OS2/c1-12-13(2)24-25-21(15(12)10-23)28-11-20(27)26-16-5-3-4-6-18(16)29-19-8-7-14(22)9-17(19)26/h3-9H,11H2,1-2H3. The molecule has 4 rings (SSSR count). The van der Waals surface area contributed by atoms with E-state index in [0.717, 1.165) is 26.7 Å². The van der Waals surface area contributed by atoms with Gasteiger partial charge in [0, 0.05) is 14.8 Å². The van der Waals surface area contributed by atoms with Crippen LogP contribution in [-0.4, -0.2) is 21.9 Å². The quantitative estimate of drug-likeness (QED) is 0.500. The molecule has 5 nitrogen and oxygen atoms in total. The van der Waals surface area contributed by atoms with Gasteiger partial charge in [-0.2, -0.15) is 10.4 Å². The summed E-state index contributed by atoms with van der Waals surface area (Å²) in [5.41, 5.74) is 3.55. The fourth-order valence-electron chi connectivity index (χ4n) is 3.01. The molecule has 0 saturated carbocycles. The first-order valence-corrected chi connectivity index (χ1v) is 10.9. The van der Waals surface area contributed by atoms with Crippen LogP contribution in [0.4, 0.5) is 11.4 Å². The monoisotopic (exact) mass is 438 g/mol. The van der Waals surface area contributed by atoms with Crippen LogP contribution in [0, 0.1) is 25.2 Å². The first-order valence-electron chi connectivity index (χ1n) is 8.75. The number of rotatable bonds is 3. The van der Waals surface area contributed by atoms with Gasteiger partial charge in [0.1, 0.15) is 11.1 Å². The molecule has 0 fully saturated rings. The highest BCUT2D eigenvalue weighted by molar-refractivity contribution is 8.00. The number of fused-ring (bicyclic) bond motifs is 2. The number of para-hydroxylation sites is 1. The lowest BCUT2D eigenvalue weighted by Crippen LogP contribution is -2.30. The Kier molecular flexibility index (Phi) is 5.50. The van der Waals surface area contributed by atoms with E-state index in [-0.39, 0.29) is 11.7 Å². The van der Waals surface area contributed by atoms with Crippen molar-refractivity contribution in [1.82, 2.24) is 10.2 Å². The number of carbonyl (C=O) groups is 1. The molecule has 0 atom stereocenters. The zero-order chi connectivity index (χ0) is 20.5. The lowest BCUT2D eigenvalue weighted by Gasteiger charge is -2.31. The van der Waals surface area contributed by atoms with Gasteiger partial charge >= 0.3 is 0 Å². The Morgan fingerprint density at radius 1 is 1.17 bits per heavy atom. The van der Waals surface area contributed by atoms with Crippen LogP contribution in [0.2, 0.25) is 5.02 Å². The molecule has 144 valence electrons. The molecular formula is C21H15ClN4OS2. The van der Waals surface area contributed by atoms with Crippen LogP contribution in [-0.2, 0) is 4.79 Å². The van der Waals surface area contributed by atoms with E-state index >= 15 is 0 Å². The third-order valence-corrected chi connectivity index (χ3v) is 6.92. The van der Waals surface area contributed by atoms with E-state index in [1.54, 1.807) is 22.7 Å². The van der Waals surface area contributed by atoms with Gasteiger partial charge in [0.05, 0.1) is 28.4 Å². The van der Waals surface area contributed by atoms with Crippen molar-refractivity contribution in [2.24, 2.45) is 0 Å². The summed E-state index contributed by atoms with van der Waals surface area (Å²) in [5, 5.41) is 18.7. The van der Waals surface area contributed by atoms with Gasteiger partial charge in [-0.1, -0.05) is 47.3 Å². The van der Waals surface area contributed by atoms with Crippen molar-refractivity contribution in [3.8, 4) is 6.07 Å². The van der Waals surface area contributed by atoms with E-state index in [1.165, 1.54) is 11.8 Å². The zero-order valence-corrected chi connectivity index (χ0v) is 18.0. The summed E-state index contributed by atoms with van der Waals surface area (Å²) >= 11 is 9.05. The average molecular weight is 439 g/mol. The van der Waals surface area contributed by atoms with Crippen LogP contribution >= 0.6 is 35.1 Å². The molecule has 2 aromatic carbocycles. The summed E-state index contributed by atoms with van der Waals surface area (Å²) in [6.07, 6.45) is 0. The van der Waals surface area contributed by atoms with Gasteiger partial charge < -0.3 is 0 Å². The number of amides is 1. The molecule has 1 amide bonds. The Hall–Kier alpha value is -2.53. The molecule has 0 spiro atoms. The molecule has 3 aromatic rings. The van der Waals surface area contributed by atoms with Crippen molar-refractivity contribution >= 4 is 52.4 Å². The number of thioether (sulfide) groups is 1. The van der Waals surface area contributed by atoms with Crippen molar-refractivity contribution in [1.29, 1.82) is 5.26 Å². The summed E-state index contributed by atoms with van der Waals surface area (Å²) < 4.78 is 0. The van der Waals surface area contributed by atoms with E-state index in [4.69, 9.17) is 11.6 Å². The normalized spacial score (nSPS) is 12.1. The van der Waals surface area contributed by atoms with E-state index < -0.39 is 0 Å². The Bertz CT molecular complexity index is 1180. The number of benzene rings is 2. The number of aromatic nitrogens is 2. The lowest BCUT2D eigenvalue weighted by atomic mass is 10.1. The van der Waals surface area contributed by atoms with E-state index in [2.05, 4.69) is 16.3 Å². The highest BCUT2D eigenvalue weighted by Crippen LogP contribution is 2.49. The largest absolute Gasteiger partial charge is 0.278 e. The minimum atomic E-state index is -0.116. The third-order valence-electron chi connectivity index (χ3n) is 4.60. The van der Waals surface area contributed by atoms with Gasteiger partial charge in [0.15, 0.2) is 0 Å². The average Bonchev–Trinajstić information content (AvgIpc) is 2.72. The zero-order valence-electron chi connectivity index (χ0n) is 15.6. The Balaban J connectivity index is 1.67. The molecule has 29 heavy (non-hydrogen) atoms. The molecule has 1 aliphatic heterocycles. The molecule has 1 aromatic heterocycles. The minimum Gasteiger partial charge on any atom is -0.278 e. The van der Waals surface area contributed by atoms with Crippen molar-refractivity contribution in [2.75, 3.05) is 10.7 Å². The molecule has 0 radical (unpaired) electrons. The van der Waals surface area contributed by atoms with Gasteiger partial charge in [-0.05, 0) is 49.7 Å². The van der Waals surface area contributed by atoms with E-state index in [0.29, 0.717) is 21.3 Å². The number of halogens is 1. The van der Waals surface area contributed by atoms with Gasteiger partial charge in [-0.15, -0.1) is 5.10 Å². The second-order valence-electron chi connectivity index (χ2n) is 6.40. The lowest BCUT2D eigenvalue weighted by molar-refractivity contribution is -0.115. The predicted molar refractivity (Wildman–Crippen MR) is 116 cm³/mol. The second-order valence-corrected chi connectivity index (χ2v) is 8.89. The predicted octanol–water partition coefficient (Wildman–Crippen LogP) is 5.54. The topological polar surface area (TPSA) is 69.9 Å². The summed E-state index contributed by atoms with van der Waals surface area (Å²) in [6, 6.07) is 15.5. The molecule has 1 aliphatic rings. The number of anilines is 2. The van der Waals surface area contributed by atoms with Gasteiger partial charge in [0.25, 0.3) is 0 Å². The van der Waals surface area contributed by atoms with Crippen LogP contribution in [0.1, 0.15) is 16.8 Å². The number of hydrogen-bond donors (Lipinski definition) is 0.